The minimum Gasteiger partial charge on any atom is -0.393 e. The van der Waals surface area contributed by atoms with Crippen LogP contribution >= 0.6 is 0 Å². The van der Waals surface area contributed by atoms with Crippen molar-refractivity contribution in [1.29, 1.82) is 0 Å². The van der Waals surface area contributed by atoms with E-state index in [-0.39, 0.29) is 29.9 Å². The molecule has 2 rings (SSSR count). The van der Waals surface area contributed by atoms with Gasteiger partial charge in [-0.25, -0.2) is 0 Å². The van der Waals surface area contributed by atoms with Crippen molar-refractivity contribution in [3.63, 3.8) is 0 Å². The summed E-state index contributed by atoms with van der Waals surface area (Å²) in [5.41, 5.74) is 6.00. The average molecular weight is 254 g/mol. The number of likely N-dealkylation sites (tertiary alicyclic amines) is 1. The number of carbonyl (C=O) groups excluding carboxylic acids is 1. The lowest BCUT2D eigenvalue weighted by Gasteiger charge is -2.33. The van der Waals surface area contributed by atoms with Crippen molar-refractivity contribution >= 4 is 5.91 Å². The third-order valence-electron chi connectivity index (χ3n) is 4.80. The Hall–Kier alpha value is -0.610. The standard InChI is InChI=1S/C14H26N2O2/c1-9-7-11(3-4-13(9)15)14(18)16-6-5-12(8-16)10(2)17/h9-13,17H,3-8,15H2,1-2H3. The summed E-state index contributed by atoms with van der Waals surface area (Å²) in [4.78, 5) is 14.4. The molecule has 0 radical (unpaired) electrons. The number of amides is 1. The van der Waals surface area contributed by atoms with Crippen molar-refractivity contribution in [1.82, 2.24) is 4.90 Å². The molecule has 1 aliphatic heterocycles. The maximum Gasteiger partial charge on any atom is 0.225 e. The lowest BCUT2D eigenvalue weighted by molar-refractivity contribution is -0.136. The lowest BCUT2D eigenvalue weighted by Crippen LogP contribution is -2.42. The van der Waals surface area contributed by atoms with Crippen LogP contribution in [-0.2, 0) is 4.79 Å². The number of carbonyl (C=O) groups is 1. The van der Waals surface area contributed by atoms with Crippen molar-refractivity contribution in [2.45, 2.75) is 51.7 Å². The fourth-order valence-electron chi connectivity index (χ4n) is 3.28. The van der Waals surface area contributed by atoms with Crippen LogP contribution in [0.4, 0.5) is 0 Å². The van der Waals surface area contributed by atoms with Gasteiger partial charge in [0.25, 0.3) is 0 Å². The molecule has 18 heavy (non-hydrogen) atoms. The van der Waals surface area contributed by atoms with Gasteiger partial charge >= 0.3 is 0 Å². The SMILES string of the molecule is CC(O)C1CCN(C(=O)C2CCC(N)C(C)C2)C1. The molecule has 0 bridgehead atoms. The van der Waals surface area contributed by atoms with Crippen LogP contribution in [0.15, 0.2) is 0 Å². The molecule has 1 saturated carbocycles. The summed E-state index contributed by atoms with van der Waals surface area (Å²) in [5, 5.41) is 9.58. The Morgan fingerprint density at radius 1 is 1.39 bits per heavy atom. The average Bonchev–Trinajstić information content (AvgIpc) is 2.81. The fourth-order valence-corrected chi connectivity index (χ4v) is 3.28. The van der Waals surface area contributed by atoms with E-state index in [1.54, 1.807) is 0 Å². The zero-order valence-corrected chi connectivity index (χ0v) is 11.5. The van der Waals surface area contributed by atoms with Gasteiger partial charge in [-0.2, -0.15) is 0 Å². The van der Waals surface area contributed by atoms with Crippen LogP contribution in [0.3, 0.4) is 0 Å². The Kier molecular flexibility index (Phi) is 4.28. The Bertz CT molecular complexity index is 306. The van der Waals surface area contributed by atoms with Gasteiger partial charge in [0.15, 0.2) is 0 Å². The second-order valence-electron chi connectivity index (χ2n) is 6.22. The molecule has 0 spiro atoms. The van der Waals surface area contributed by atoms with Gasteiger partial charge in [-0.1, -0.05) is 6.92 Å². The summed E-state index contributed by atoms with van der Waals surface area (Å²) >= 11 is 0. The second kappa shape index (κ2) is 5.57. The van der Waals surface area contributed by atoms with Crippen LogP contribution in [0.2, 0.25) is 0 Å². The monoisotopic (exact) mass is 254 g/mol. The van der Waals surface area contributed by atoms with Crippen LogP contribution in [0.5, 0.6) is 0 Å². The first-order valence-electron chi connectivity index (χ1n) is 7.21. The molecule has 1 aliphatic carbocycles. The number of hydrogen-bond donors (Lipinski definition) is 2. The molecule has 3 N–H and O–H groups in total. The second-order valence-corrected chi connectivity index (χ2v) is 6.22. The maximum absolute atomic E-state index is 12.4. The molecule has 4 nitrogen and oxygen atoms in total. The Balaban J connectivity index is 1.89. The van der Waals surface area contributed by atoms with E-state index in [0.29, 0.717) is 5.92 Å². The van der Waals surface area contributed by atoms with E-state index in [4.69, 9.17) is 5.73 Å². The highest BCUT2D eigenvalue weighted by molar-refractivity contribution is 5.79. The van der Waals surface area contributed by atoms with Gasteiger partial charge in [0.1, 0.15) is 0 Å². The number of nitrogens with zero attached hydrogens (tertiary/aromatic N) is 1. The predicted molar refractivity (Wildman–Crippen MR) is 70.8 cm³/mol. The topological polar surface area (TPSA) is 66.6 Å². The number of nitrogens with two attached hydrogens (primary N) is 1. The van der Waals surface area contributed by atoms with Gasteiger partial charge < -0.3 is 15.7 Å². The summed E-state index contributed by atoms with van der Waals surface area (Å²) in [6.07, 6.45) is 3.45. The smallest absolute Gasteiger partial charge is 0.225 e. The molecular weight excluding hydrogens is 228 g/mol. The molecule has 1 heterocycles. The lowest BCUT2D eigenvalue weighted by atomic mass is 9.79. The first-order valence-corrected chi connectivity index (χ1v) is 7.21. The van der Waals surface area contributed by atoms with Crippen LogP contribution < -0.4 is 5.73 Å². The van der Waals surface area contributed by atoms with E-state index in [0.717, 1.165) is 38.8 Å². The summed E-state index contributed by atoms with van der Waals surface area (Å²) in [6, 6.07) is 0.262. The van der Waals surface area contributed by atoms with Crippen molar-refractivity contribution < 1.29 is 9.90 Å². The molecule has 1 saturated heterocycles. The summed E-state index contributed by atoms with van der Waals surface area (Å²) in [7, 11) is 0. The van der Waals surface area contributed by atoms with Crippen molar-refractivity contribution in [3.8, 4) is 0 Å². The van der Waals surface area contributed by atoms with Gasteiger partial charge in [-0.3, -0.25) is 4.79 Å². The van der Waals surface area contributed by atoms with Crippen LogP contribution in [0.25, 0.3) is 0 Å². The first kappa shape index (κ1) is 13.8. The Morgan fingerprint density at radius 2 is 2.11 bits per heavy atom. The summed E-state index contributed by atoms with van der Waals surface area (Å²) in [5.74, 6) is 1.16. The number of aliphatic hydroxyl groups is 1. The predicted octanol–water partition coefficient (Wildman–Crippen LogP) is 0.979. The molecule has 104 valence electrons. The summed E-state index contributed by atoms with van der Waals surface area (Å²) < 4.78 is 0. The molecule has 5 atom stereocenters. The van der Waals surface area contributed by atoms with Crippen LogP contribution in [-0.4, -0.2) is 41.1 Å². The molecule has 0 aromatic heterocycles. The zero-order chi connectivity index (χ0) is 13.3. The van der Waals surface area contributed by atoms with Crippen molar-refractivity contribution in [2.75, 3.05) is 13.1 Å². The van der Waals surface area contributed by atoms with Gasteiger partial charge in [-0.15, -0.1) is 0 Å². The van der Waals surface area contributed by atoms with Gasteiger partial charge in [0.2, 0.25) is 5.91 Å². The third-order valence-corrected chi connectivity index (χ3v) is 4.80. The fraction of sp³-hybridized carbons (Fsp3) is 0.929. The number of rotatable bonds is 2. The normalized spacial score (nSPS) is 38.8. The third kappa shape index (κ3) is 2.86. The van der Waals surface area contributed by atoms with E-state index < -0.39 is 0 Å². The molecule has 2 fully saturated rings. The quantitative estimate of drug-likeness (QED) is 0.772. The highest BCUT2D eigenvalue weighted by Gasteiger charge is 2.35. The minimum absolute atomic E-state index is 0.160. The van der Waals surface area contributed by atoms with E-state index in [1.165, 1.54) is 0 Å². The van der Waals surface area contributed by atoms with Crippen molar-refractivity contribution in [2.24, 2.45) is 23.5 Å². The van der Waals surface area contributed by atoms with E-state index in [9.17, 15) is 9.90 Å². The molecule has 0 aromatic rings. The van der Waals surface area contributed by atoms with Crippen LogP contribution in [0, 0.1) is 17.8 Å². The maximum atomic E-state index is 12.4. The highest BCUT2D eigenvalue weighted by Crippen LogP contribution is 2.31. The molecular formula is C14H26N2O2. The first-order chi connectivity index (χ1) is 8.49. The summed E-state index contributed by atoms with van der Waals surface area (Å²) in [6.45, 7) is 5.51. The highest BCUT2D eigenvalue weighted by atomic mass is 16.3. The van der Waals surface area contributed by atoms with Gasteiger partial charge in [0.05, 0.1) is 6.10 Å². The van der Waals surface area contributed by atoms with Gasteiger partial charge in [0, 0.05) is 31.0 Å². The van der Waals surface area contributed by atoms with Crippen LogP contribution in [0.1, 0.15) is 39.5 Å². The molecule has 0 aromatic carbocycles. The molecule has 5 unspecified atom stereocenters. The van der Waals surface area contributed by atoms with E-state index >= 15 is 0 Å². The molecule has 4 heteroatoms. The molecule has 2 aliphatic rings. The largest absolute Gasteiger partial charge is 0.393 e. The number of aliphatic hydroxyl groups excluding tert-OH is 1. The van der Waals surface area contributed by atoms with Gasteiger partial charge in [-0.05, 0) is 38.5 Å². The number of hydrogen-bond acceptors (Lipinski definition) is 3. The van der Waals surface area contributed by atoms with E-state index in [2.05, 4.69) is 6.92 Å². The Morgan fingerprint density at radius 3 is 2.67 bits per heavy atom. The van der Waals surface area contributed by atoms with E-state index in [1.807, 2.05) is 11.8 Å². The zero-order valence-electron chi connectivity index (χ0n) is 11.5. The molecule has 1 amide bonds. The van der Waals surface area contributed by atoms with Crippen molar-refractivity contribution in [3.05, 3.63) is 0 Å². The minimum atomic E-state index is -0.304. The Labute approximate surface area is 110 Å².